The van der Waals surface area contributed by atoms with Crippen LogP contribution < -0.4 is 10.0 Å². The Morgan fingerprint density at radius 1 is 1.25 bits per heavy atom. The topological polar surface area (TPSA) is 46.1 Å². The Hall–Kier alpha value is 0.478. The van der Waals surface area contributed by atoms with Crippen LogP contribution in [0, 0.1) is 0 Å². The summed E-state index contributed by atoms with van der Waals surface area (Å²) in [6.45, 7) is 0. The first-order valence-corrected chi connectivity index (χ1v) is 0.577. The first-order chi connectivity index (χ1) is 1.41. The molecule has 0 aromatic rings. The smallest absolute Gasteiger partial charge is 0.896 e. The van der Waals surface area contributed by atoms with Gasteiger partial charge in [0.15, 0.2) is 0 Å². The van der Waals surface area contributed by atoms with Gasteiger partial charge in [0.25, 0.3) is 0 Å². The standard InChI is InChI=1S/BHO2.Ni/c2-1-3;/h1H;/q-2;+2. The van der Waals surface area contributed by atoms with Crippen LogP contribution in [-0.4, -0.2) is 7.69 Å². The Labute approximate surface area is 35.1 Å². The van der Waals surface area contributed by atoms with Crippen molar-refractivity contribution in [3.05, 3.63) is 0 Å². The molecule has 0 atom stereocenters. The van der Waals surface area contributed by atoms with Crippen molar-refractivity contribution in [2.24, 2.45) is 0 Å². The Morgan fingerprint density at radius 3 is 1.25 bits per heavy atom. The van der Waals surface area contributed by atoms with Gasteiger partial charge >= 0.3 is 16.5 Å². The van der Waals surface area contributed by atoms with Crippen LogP contribution in [0.4, 0.5) is 0 Å². The van der Waals surface area contributed by atoms with Crippen LogP contribution >= 0.6 is 0 Å². The maximum atomic E-state index is 8.38. The molecule has 0 saturated heterocycles. The zero-order valence-corrected chi connectivity index (χ0v) is 2.83. The van der Waals surface area contributed by atoms with Gasteiger partial charge in [-0.2, -0.15) is 0 Å². The van der Waals surface area contributed by atoms with Crippen molar-refractivity contribution in [2.45, 2.75) is 0 Å². The van der Waals surface area contributed by atoms with E-state index < -0.39 is 7.69 Å². The van der Waals surface area contributed by atoms with Crippen molar-refractivity contribution in [2.75, 3.05) is 0 Å². The summed E-state index contributed by atoms with van der Waals surface area (Å²) in [5.41, 5.74) is 0. The quantitative estimate of drug-likeness (QED) is 0.306. The van der Waals surface area contributed by atoms with Crippen molar-refractivity contribution >= 4 is 7.69 Å². The van der Waals surface area contributed by atoms with Gasteiger partial charge in [-0.05, 0) is 0 Å². The molecule has 4 heteroatoms. The van der Waals surface area contributed by atoms with E-state index in [1.807, 2.05) is 0 Å². The normalized spacial score (nSPS) is 3.50. The molecule has 0 amide bonds. The second kappa shape index (κ2) is 9.78. The molecule has 0 aromatic heterocycles. The van der Waals surface area contributed by atoms with E-state index in [0.717, 1.165) is 0 Å². The van der Waals surface area contributed by atoms with Gasteiger partial charge in [-0.3, -0.25) is 0 Å². The van der Waals surface area contributed by atoms with Gasteiger partial charge in [-0.25, -0.2) is 0 Å². The summed E-state index contributed by atoms with van der Waals surface area (Å²) < 4.78 is 0. The monoisotopic (exact) mass is 102 g/mol. The third kappa shape index (κ3) is 23.7. The second-order valence-electron chi connectivity index (χ2n) is 0.118. The summed E-state index contributed by atoms with van der Waals surface area (Å²) in [5.74, 6) is 0. The van der Waals surface area contributed by atoms with Gasteiger partial charge in [-0.15, -0.1) is 7.69 Å². The number of rotatable bonds is 0. The van der Waals surface area contributed by atoms with Crippen LogP contribution in [0.2, 0.25) is 0 Å². The van der Waals surface area contributed by atoms with Gasteiger partial charge in [0.2, 0.25) is 0 Å². The predicted molar refractivity (Wildman–Crippen MR) is 7.15 cm³/mol. The van der Waals surface area contributed by atoms with Crippen molar-refractivity contribution in [1.29, 1.82) is 0 Å². The zero-order valence-electron chi connectivity index (χ0n) is 1.84. The Bertz CT molecular complexity index is 6.00. The van der Waals surface area contributed by atoms with Crippen LogP contribution in [-0.2, 0) is 16.5 Å². The van der Waals surface area contributed by atoms with Crippen LogP contribution in [0.15, 0.2) is 0 Å². The fourth-order valence-electron chi connectivity index (χ4n) is 0. The van der Waals surface area contributed by atoms with Crippen LogP contribution in [0.3, 0.4) is 0 Å². The molecule has 0 aliphatic heterocycles. The molecule has 0 saturated carbocycles. The van der Waals surface area contributed by atoms with Crippen LogP contribution in [0.5, 0.6) is 0 Å². The summed E-state index contributed by atoms with van der Waals surface area (Å²) >= 11 is 0. The molecule has 0 aromatic carbocycles. The molecule has 0 aliphatic rings. The molecule has 0 fully saturated rings. The first kappa shape index (κ1) is 8.82. The predicted octanol–water partition coefficient (Wildman–Crippen LogP) is -3.03. The molecule has 0 aliphatic carbocycles. The van der Waals surface area contributed by atoms with E-state index in [4.69, 9.17) is 10.0 Å². The Balaban J connectivity index is 0. The average Bonchev–Trinajstić information content (AvgIpc) is 0.918. The van der Waals surface area contributed by atoms with Gasteiger partial charge in [-0.1, -0.05) is 0 Å². The van der Waals surface area contributed by atoms with Gasteiger partial charge < -0.3 is 10.0 Å². The number of hydrogen-bond acceptors (Lipinski definition) is 2. The largest absolute Gasteiger partial charge is 2.00 e. The van der Waals surface area contributed by atoms with Crippen molar-refractivity contribution in [3.63, 3.8) is 0 Å². The van der Waals surface area contributed by atoms with Crippen molar-refractivity contribution in [3.8, 4) is 0 Å². The fraction of sp³-hybridized carbons (Fsp3) is 0. The molecule has 2 nitrogen and oxygen atoms in total. The maximum absolute atomic E-state index is 8.38. The van der Waals surface area contributed by atoms with Gasteiger partial charge in [0.05, 0.1) is 0 Å². The van der Waals surface area contributed by atoms with E-state index in [2.05, 4.69) is 0 Å². The van der Waals surface area contributed by atoms with E-state index >= 15 is 0 Å². The molecular formula is HBNiO2. The minimum atomic E-state index is -1.25. The van der Waals surface area contributed by atoms with E-state index in [1.54, 1.807) is 0 Å². The third-order valence-corrected chi connectivity index (χ3v) is 0. The fourth-order valence-corrected chi connectivity index (χ4v) is 0. The molecule has 4 heavy (non-hydrogen) atoms. The summed E-state index contributed by atoms with van der Waals surface area (Å²) in [5, 5.41) is 16.8. The van der Waals surface area contributed by atoms with E-state index in [0.29, 0.717) is 0 Å². The average molecular weight is 103 g/mol. The molecule has 0 spiro atoms. The van der Waals surface area contributed by atoms with Crippen LogP contribution in [0.25, 0.3) is 0 Å². The van der Waals surface area contributed by atoms with Crippen molar-refractivity contribution in [1.82, 2.24) is 0 Å². The Kier molecular flexibility index (Phi) is 21.6. The summed E-state index contributed by atoms with van der Waals surface area (Å²) in [6.07, 6.45) is 0. The maximum Gasteiger partial charge on any atom is 2.00 e. The van der Waals surface area contributed by atoms with Crippen LogP contribution in [0.1, 0.15) is 0 Å². The molecule has 0 rings (SSSR count). The van der Waals surface area contributed by atoms with E-state index in [1.165, 1.54) is 0 Å². The SMILES string of the molecule is [Ni+2].[O-]B[O-]. The molecule has 0 bridgehead atoms. The molecule has 0 N–H and O–H groups in total. The van der Waals surface area contributed by atoms with Crippen molar-refractivity contribution < 1.29 is 26.5 Å². The zero-order chi connectivity index (χ0) is 2.71. The summed E-state index contributed by atoms with van der Waals surface area (Å²) in [6, 6.07) is 0. The number of hydrogen-bond donors (Lipinski definition) is 0. The van der Waals surface area contributed by atoms with Gasteiger partial charge in [0.1, 0.15) is 0 Å². The summed E-state index contributed by atoms with van der Waals surface area (Å²) in [7, 11) is -1.25. The summed E-state index contributed by atoms with van der Waals surface area (Å²) in [4.78, 5) is 0. The minimum Gasteiger partial charge on any atom is -0.896 e. The molecule has 0 radical (unpaired) electrons. The molecule has 0 heterocycles. The molecular weight excluding hydrogens is 102 g/mol. The van der Waals surface area contributed by atoms with E-state index in [-0.39, 0.29) is 16.5 Å². The first-order valence-electron chi connectivity index (χ1n) is 0.577. The minimum absolute atomic E-state index is 0. The molecule has 26 valence electrons. The Morgan fingerprint density at radius 2 is 1.25 bits per heavy atom. The second-order valence-corrected chi connectivity index (χ2v) is 0.118. The third-order valence-electron chi connectivity index (χ3n) is 0. The van der Waals surface area contributed by atoms with E-state index in [9.17, 15) is 0 Å². The molecule has 0 unspecified atom stereocenters. The van der Waals surface area contributed by atoms with Gasteiger partial charge in [0, 0.05) is 0 Å².